The molecule has 11 heteroatoms. The molecule has 214 valence electrons. The van der Waals surface area contributed by atoms with Gasteiger partial charge in [0.05, 0.1) is 35.5 Å². The number of hydrogen-bond acceptors (Lipinski definition) is 8. The Hall–Kier alpha value is -1.72. The van der Waals surface area contributed by atoms with Gasteiger partial charge < -0.3 is 30.2 Å². The standard InChI is InChI=1S/C27H41ClN4O5.H2S/c1-35-23-15-21(29)20(28)14-19(23)27(34)30-22-9-13-31(17-25(22)36-2)10-5-3-4-6-26(33)37-24-16-32-11-7-18(24)8-12-32;/h14-15,18,22,24-25H,3-13,16-17,29H2,1-2H3,(H,30,34);1H2/t22-,24-,25+;/m0./s1. The van der Waals surface area contributed by atoms with Crippen molar-refractivity contribution in [2.24, 2.45) is 5.92 Å². The molecule has 0 spiro atoms. The molecule has 1 aromatic rings. The van der Waals surface area contributed by atoms with Crippen LogP contribution in [0.25, 0.3) is 0 Å². The highest BCUT2D eigenvalue weighted by molar-refractivity contribution is 7.59. The number of rotatable bonds is 11. The third-order valence-corrected chi connectivity index (χ3v) is 8.39. The van der Waals surface area contributed by atoms with Crippen LogP contribution < -0.4 is 15.8 Å². The predicted octanol–water partition coefficient (Wildman–Crippen LogP) is 3.06. The molecule has 4 aliphatic rings. The van der Waals surface area contributed by atoms with Gasteiger partial charge in [0.25, 0.3) is 5.91 Å². The number of ether oxygens (including phenoxy) is 3. The summed E-state index contributed by atoms with van der Waals surface area (Å²) < 4.78 is 16.8. The minimum atomic E-state index is -0.260. The highest BCUT2D eigenvalue weighted by Crippen LogP contribution is 2.30. The highest BCUT2D eigenvalue weighted by atomic mass is 35.5. The maximum atomic E-state index is 13.0. The van der Waals surface area contributed by atoms with E-state index in [1.807, 2.05) is 0 Å². The average Bonchev–Trinajstić information content (AvgIpc) is 2.91. The Kier molecular flexibility index (Phi) is 11.8. The zero-order valence-electron chi connectivity index (χ0n) is 22.5. The van der Waals surface area contributed by atoms with Crippen molar-refractivity contribution in [1.82, 2.24) is 15.1 Å². The van der Waals surface area contributed by atoms with E-state index < -0.39 is 0 Å². The van der Waals surface area contributed by atoms with Crippen molar-refractivity contribution in [2.75, 3.05) is 59.2 Å². The number of methoxy groups -OCH3 is 2. The van der Waals surface area contributed by atoms with Crippen LogP contribution in [0, 0.1) is 5.92 Å². The van der Waals surface area contributed by atoms with Crippen LogP contribution in [-0.4, -0.2) is 93.4 Å². The average molecular weight is 571 g/mol. The molecule has 5 rings (SSSR count). The summed E-state index contributed by atoms with van der Waals surface area (Å²) in [5, 5.41) is 3.40. The van der Waals surface area contributed by atoms with Crippen LogP contribution in [0.15, 0.2) is 12.1 Å². The first kappa shape index (κ1) is 30.8. The molecule has 2 bridgehead atoms. The number of hydrogen-bond donors (Lipinski definition) is 2. The Morgan fingerprint density at radius 2 is 1.82 bits per heavy atom. The largest absolute Gasteiger partial charge is 0.496 e. The zero-order valence-corrected chi connectivity index (χ0v) is 24.3. The summed E-state index contributed by atoms with van der Waals surface area (Å²) in [6, 6.07) is 2.98. The SMILES string of the molecule is COc1cc(N)c(Cl)cc1C(=O)N[C@H]1CCN(CCCCCC(=O)O[C@H]2CN3CCC2CC3)C[C@H]1OC.S. The molecule has 0 aliphatic carbocycles. The normalized spacial score (nSPS) is 26.9. The van der Waals surface area contributed by atoms with Gasteiger partial charge in [-0.15, -0.1) is 0 Å². The summed E-state index contributed by atoms with van der Waals surface area (Å²) in [7, 11) is 3.17. The fraction of sp³-hybridized carbons (Fsp3) is 0.704. The molecule has 4 saturated heterocycles. The van der Waals surface area contributed by atoms with Crippen LogP contribution in [0.3, 0.4) is 0 Å². The summed E-state index contributed by atoms with van der Waals surface area (Å²) >= 11 is 6.13. The Morgan fingerprint density at radius 1 is 1.05 bits per heavy atom. The smallest absolute Gasteiger partial charge is 0.306 e. The molecular weight excluding hydrogens is 528 g/mol. The first-order valence-electron chi connectivity index (χ1n) is 13.5. The second-order valence-corrected chi connectivity index (χ2v) is 10.9. The maximum Gasteiger partial charge on any atom is 0.306 e. The molecule has 0 aromatic heterocycles. The number of nitrogens with zero attached hydrogens (tertiary/aromatic N) is 2. The Balaban J connectivity index is 0.00000400. The molecular formula is C27H43ClN4O5S. The molecule has 4 fully saturated rings. The number of likely N-dealkylation sites (tertiary alicyclic amines) is 1. The molecule has 38 heavy (non-hydrogen) atoms. The van der Waals surface area contributed by atoms with E-state index in [4.69, 9.17) is 31.5 Å². The van der Waals surface area contributed by atoms with Gasteiger partial charge in [-0.05, 0) is 63.7 Å². The lowest BCUT2D eigenvalue weighted by molar-refractivity contribution is -0.158. The van der Waals surface area contributed by atoms with E-state index >= 15 is 0 Å². The monoisotopic (exact) mass is 570 g/mol. The number of nitrogens with two attached hydrogens (primary N) is 1. The summed E-state index contributed by atoms with van der Waals surface area (Å²) in [5.74, 6) is 0.637. The van der Waals surface area contributed by atoms with Gasteiger partial charge in [-0.3, -0.25) is 14.5 Å². The second-order valence-electron chi connectivity index (χ2n) is 10.5. The van der Waals surface area contributed by atoms with Gasteiger partial charge in [0, 0.05) is 39.2 Å². The molecule has 1 amide bonds. The number of halogens is 1. The lowest BCUT2D eigenvalue weighted by Crippen LogP contribution is -2.54. The fourth-order valence-corrected chi connectivity index (χ4v) is 5.97. The highest BCUT2D eigenvalue weighted by Gasteiger charge is 2.36. The molecule has 4 heterocycles. The molecule has 9 nitrogen and oxygen atoms in total. The second kappa shape index (κ2) is 14.6. The maximum absolute atomic E-state index is 13.0. The summed E-state index contributed by atoms with van der Waals surface area (Å²) in [5.41, 5.74) is 6.56. The Bertz CT molecular complexity index is 946. The Morgan fingerprint density at radius 3 is 2.47 bits per heavy atom. The van der Waals surface area contributed by atoms with Crippen LogP contribution in [-0.2, 0) is 14.3 Å². The van der Waals surface area contributed by atoms with Crippen molar-refractivity contribution in [3.63, 3.8) is 0 Å². The number of benzene rings is 1. The molecule has 3 N–H and O–H groups in total. The van der Waals surface area contributed by atoms with Crippen molar-refractivity contribution in [1.29, 1.82) is 0 Å². The quantitative estimate of drug-likeness (QED) is 0.237. The number of nitrogens with one attached hydrogen (secondary N) is 1. The van der Waals surface area contributed by atoms with Gasteiger partial charge in [0.1, 0.15) is 11.9 Å². The lowest BCUT2D eigenvalue weighted by atomic mass is 9.86. The van der Waals surface area contributed by atoms with Crippen LogP contribution in [0.5, 0.6) is 5.75 Å². The Labute approximate surface area is 238 Å². The number of amides is 1. The van der Waals surface area contributed by atoms with E-state index in [1.54, 1.807) is 13.2 Å². The van der Waals surface area contributed by atoms with Crippen molar-refractivity contribution in [2.45, 2.75) is 63.2 Å². The van der Waals surface area contributed by atoms with Gasteiger partial charge in [0.2, 0.25) is 0 Å². The first-order valence-corrected chi connectivity index (χ1v) is 13.9. The molecule has 0 saturated carbocycles. The van der Waals surface area contributed by atoms with Crippen LogP contribution >= 0.6 is 25.1 Å². The number of carbonyl (C=O) groups excluding carboxylic acids is 2. The third-order valence-electron chi connectivity index (χ3n) is 8.06. The van der Waals surface area contributed by atoms with Gasteiger partial charge in [-0.25, -0.2) is 0 Å². The van der Waals surface area contributed by atoms with Gasteiger partial charge in [-0.1, -0.05) is 18.0 Å². The van der Waals surface area contributed by atoms with Crippen LogP contribution in [0.1, 0.15) is 55.3 Å². The number of anilines is 1. The molecule has 0 radical (unpaired) electrons. The van der Waals surface area contributed by atoms with Crippen LogP contribution in [0.2, 0.25) is 5.02 Å². The molecule has 0 unspecified atom stereocenters. The zero-order chi connectivity index (χ0) is 26.4. The third kappa shape index (κ3) is 7.91. The number of carbonyl (C=O) groups is 2. The van der Waals surface area contributed by atoms with E-state index in [1.165, 1.54) is 13.2 Å². The number of fused-ring (bicyclic) bond motifs is 3. The molecule has 4 aliphatic heterocycles. The lowest BCUT2D eigenvalue weighted by Gasteiger charge is -2.43. The van der Waals surface area contributed by atoms with E-state index in [0.29, 0.717) is 34.4 Å². The van der Waals surface area contributed by atoms with Crippen LogP contribution in [0.4, 0.5) is 5.69 Å². The number of piperidine rings is 4. The van der Waals surface area contributed by atoms with Crippen molar-refractivity contribution < 1.29 is 23.8 Å². The fourth-order valence-electron chi connectivity index (χ4n) is 5.80. The summed E-state index contributed by atoms with van der Waals surface area (Å²) in [6.45, 7) is 5.76. The topological polar surface area (TPSA) is 106 Å². The van der Waals surface area contributed by atoms with E-state index in [0.717, 1.165) is 77.8 Å². The van der Waals surface area contributed by atoms with E-state index in [-0.39, 0.29) is 43.6 Å². The predicted molar refractivity (Wildman–Crippen MR) is 153 cm³/mol. The summed E-state index contributed by atoms with van der Waals surface area (Å²) in [6.07, 6.45) is 6.42. The van der Waals surface area contributed by atoms with E-state index in [2.05, 4.69) is 15.1 Å². The summed E-state index contributed by atoms with van der Waals surface area (Å²) in [4.78, 5) is 30.0. The van der Waals surface area contributed by atoms with Gasteiger partial charge in [-0.2, -0.15) is 13.5 Å². The minimum Gasteiger partial charge on any atom is -0.496 e. The van der Waals surface area contributed by atoms with Gasteiger partial charge in [0.15, 0.2) is 0 Å². The molecule has 1 aromatic carbocycles. The van der Waals surface area contributed by atoms with Crippen molar-refractivity contribution in [3.8, 4) is 5.75 Å². The molecule has 3 atom stereocenters. The first-order chi connectivity index (χ1) is 17.9. The van der Waals surface area contributed by atoms with Crippen molar-refractivity contribution >= 4 is 42.7 Å². The minimum absolute atomic E-state index is 0. The number of unbranched alkanes of at least 4 members (excludes halogenated alkanes) is 2. The van der Waals surface area contributed by atoms with Crippen molar-refractivity contribution in [3.05, 3.63) is 22.7 Å². The van der Waals surface area contributed by atoms with Gasteiger partial charge >= 0.3 is 5.97 Å². The van der Waals surface area contributed by atoms with E-state index in [9.17, 15) is 9.59 Å². The number of esters is 1. The number of nitrogen functional groups attached to an aromatic ring is 1.